The number of hydrogen-bond acceptors (Lipinski definition) is 3. The molecule has 0 aliphatic carbocycles. The molecule has 1 unspecified atom stereocenters. The van der Waals surface area contributed by atoms with Gasteiger partial charge in [0, 0.05) is 17.6 Å². The highest BCUT2D eigenvalue weighted by Crippen LogP contribution is 2.24. The summed E-state index contributed by atoms with van der Waals surface area (Å²) in [7, 11) is 0. The summed E-state index contributed by atoms with van der Waals surface area (Å²) in [6.07, 6.45) is 0. The normalized spacial score (nSPS) is 20.9. The van der Waals surface area contributed by atoms with Gasteiger partial charge >= 0.3 is 5.97 Å². The van der Waals surface area contributed by atoms with Crippen molar-refractivity contribution in [1.29, 1.82) is 0 Å². The predicted molar refractivity (Wildman–Crippen MR) is 71.8 cm³/mol. The second kappa shape index (κ2) is 6.02. The van der Waals surface area contributed by atoms with E-state index in [0.717, 1.165) is 10.0 Å². The molecule has 4 nitrogen and oxygen atoms in total. The van der Waals surface area contributed by atoms with Crippen LogP contribution in [0.25, 0.3) is 0 Å². The lowest BCUT2D eigenvalue weighted by molar-refractivity contribution is -0.150. The second-order valence-electron chi connectivity index (χ2n) is 4.15. The lowest BCUT2D eigenvalue weighted by atomic mass is 10.1. The van der Waals surface area contributed by atoms with Crippen LogP contribution in [0.3, 0.4) is 0 Å². The van der Waals surface area contributed by atoms with Crippen molar-refractivity contribution in [2.45, 2.75) is 12.6 Å². The molecule has 0 amide bonds. The highest BCUT2D eigenvalue weighted by Gasteiger charge is 2.29. The number of aliphatic carboxylic acids is 1. The van der Waals surface area contributed by atoms with E-state index in [9.17, 15) is 4.79 Å². The molecule has 98 valence electrons. The molecule has 0 saturated carbocycles. The molecule has 0 aromatic heterocycles. The lowest BCUT2D eigenvalue weighted by Gasteiger charge is -2.32. The van der Waals surface area contributed by atoms with E-state index < -0.39 is 12.0 Å². The van der Waals surface area contributed by atoms with Crippen molar-refractivity contribution < 1.29 is 14.6 Å². The van der Waals surface area contributed by atoms with Gasteiger partial charge in [0.2, 0.25) is 0 Å². The van der Waals surface area contributed by atoms with Gasteiger partial charge in [-0.25, -0.2) is 0 Å². The van der Waals surface area contributed by atoms with E-state index in [1.54, 1.807) is 0 Å². The number of ether oxygens (including phenoxy) is 1. The average molecular weight is 335 g/mol. The number of nitrogens with zero attached hydrogens (tertiary/aromatic N) is 1. The minimum absolute atomic E-state index is 0.236. The Bertz CT molecular complexity index is 455. The maximum atomic E-state index is 11.1. The van der Waals surface area contributed by atoms with E-state index in [1.165, 1.54) is 0 Å². The zero-order valence-corrected chi connectivity index (χ0v) is 11.9. The van der Waals surface area contributed by atoms with Crippen LogP contribution in [0.2, 0.25) is 5.02 Å². The van der Waals surface area contributed by atoms with Crippen molar-refractivity contribution in [3.05, 3.63) is 33.3 Å². The molecule has 1 heterocycles. The summed E-state index contributed by atoms with van der Waals surface area (Å²) in [5, 5.41) is 9.76. The summed E-state index contributed by atoms with van der Waals surface area (Å²) >= 11 is 9.35. The summed E-state index contributed by atoms with van der Waals surface area (Å²) in [5.41, 5.74) is 0.997. The molecular weight excluding hydrogens is 321 g/mol. The first kappa shape index (κ1) is 13.8. The zero-order chi connectivity index (χ0) is 13.1. The highest BCUT2D eigenvalue weighted by molar-refractivity contribution is 9.10. The largest absolute Gasteiger partial charge is 0.480 e. The number of halogens is 2. The molecule has 6 heteroatoms. The number of morpholine rings is 1. The van der Waals surface area contributed by atoms with Gasteiger partial charge in [-0.3, -0.25) is 9.69 Å². The Morgan fingerprint density at radius 2 is 2.39 bits per heavy atom. The van der Waals surface area contributed by atoms with Gasteiger partial charge in [-0.15, -0.1) is 0 Å². The third-order valence-electron chi connectivity index (χ3n) is 2.89. The van der Waals surface area contributed by atoms with Crippen molar-refractivity contribution in [1.82, 2.24) is 4.90 Å². The fourth-order valence-corrected chi connectivity index (χ4v) is 2.38. The molecule has 1 aliphatic heterocycles. The summed E-state index contributed by atoms with van der Waals surface area (Å²) < 4.78 is 6.04. The van der Waals surface area contributed by atoms with Crippen LogP contribution in [-0.2, 0) is 16.1 Å². The van der Waals surface area contributed by atoms with E-state index in [2.05, 4.69) is 15.9 Å². The Kier molecular flexibility index (Phi) is 4.61. The standard InChI is InChI=1S/C12H13BrClNO3/c13-9-2-1-8(5-10(9)14)6-15-3-4-18-7-11(15)12(16)17/h1-2,5,11H,3-4,6-7H2,(H,16,17). The van der Waals surface area contributed by atoms with Gasteiger partial charge < -0.3 is 9.84 Å². The minimum Gasteiger partial charge on any atom is -0.480 e. The number of rotatable bonds is 3. The Balaban J connectivity index is 2.10. The molecule has 1 aromatic carbocycles. The second-order valence-corrected chi connectivity index (χ2v) is 5.41. The number of carboxylic acid groups (broad SMARTS) is 1. The molecule has 1 aromatic rings. The molecule has 0 spiro atoms. The van der Waals surface area contributed by atoms with Crippen molar-refractivity contribution in [3.63, 3.8) is 0 Å². The molecule has 1 atom stereocenters. The Morgan fingerprint density at radius 3 is 3.06 bits per heavy atom. The average Bonchev–Trinajstić information content (AvgIpc) is 2.34. The molecule has 2 rings (SSSR count). The molecule has 1 saturated heterocycles. The maximum absolute atomic E-state index is 11.1. The van der Waals surface area contributed by atoms with E-state index in [0.29, 0.717) is 24.7 Å². The molecular formula is C12H13BrClNO3. The van der Waals surface area contributed by atoms with Crippen LogP contribution in [0.1, 0.15) is 5.56 Å². The van der Waals surface area contributed by atoms with Crippen LogP contribution in [0.5, 0.6) is 0 Å². The summed E-state index contributed by atoms with van der Waals surface area (Å²) in [4.78, 5) is 13.0. The SMILES string of the molecule is O=C(O)C1COCCN1Cc1ccc(Br)c(Cl)c1. The van der Waals surface area contributed by atoms with E-state index >= 15 is 0 Å². The van der Waals surface area contributed by atoms with Gasteiger partial charge in [-0.2, -0.15) is 0 Å². The molecule has 1 N–H and O–H groups in total. The molecule has 18 heavy (non-hydrogen) atoms. The summed E-state index contributed by atoms with van der Waals surface area (Å²) in [6, 6.07) is 5.07. The first-order chi connectivity index (χ1) is 8.58. The van der Waals surface area contributed by atoms with Crippen LogP contribution in [0.15, 0.2) is 22.7 Å². The number of hydrogen-bond donors (Lipinski definition) is 1. The van der Waals surface area contributed by atoms with Gasteiger partial charge in [0.05, 0.1) is 18.2 Å². The number of benzene rings is 1. The molecule has 0 bridgehead atoms. The van der Waals surface area contributed by atoms with Gasteiger partial charge in [0.1, 0.15) is 6.04 Å². The topological polar surface area (TPSA) is 49.8 Å². The van der Waals surface area contributed by atoms with Crippen LogP contribution in [0, 0.1) is 0 Å². The van der Waals surface area contributed by atoms with Crippen molar-refractivity contribution in [2.24, 2.45) is 0 Å². The van der Waals surface area contributed by atoms with Crippen LogP contribution in [-0.4, -0.2) is 41.8 Å². The van der Waals surface area contributed by atoms with Gasteiger partial charge in [0.25, 0.3) is 0 Å². The summed E-state index contributed by atoms with van der Waals surface area (Å²) in [6.45, 7) is 1.98. The summed E-state index contributed by atoms with van der Waals surface area (Å²) in [5.74, 6) is -0.849. The fourth-order valence-electron chi connectivity index (χ4n) is 1.93. The lowest BCUT2D eigenvalue weighted by Crippen LogP contribution is -2.49. The molecule has 1 fully saturated rings. The number of carboxylic acids is 1. The monoisotopic (exact) mass is 333 g/mol. The highest BCUT2D eigenvalue weighted by atomic mass is 79.9. The van der Waals surface area contributed by atoms with Crippen molar-refractivity contribution in [3.8, 4) is 0 Å². The first-order valence-electron chi connectivity index (χ1n) is 5.56. The Hall–Kier alpha value is -0.620. The third kappa shape index (κ3) is 3.23. The van der Waals surface area contributed by atoms with Crippen LogP contribution in [0.4, 0.5) is 0 Å². The van der Waals surface area contributed by atoms with Gasteiger partial charge in [0.15, 0.2) is 0 Å². The van der Waals surface area contributed by atoms with Crippen LogP contribution < -0.4 is 0 Å². The third-order valence-corrected chi connectivity index (χ3v) is 4.13. The van der Waals surface area contributed by atoms with Gasteiger partial charge in [-0.05, 0) is 33.6 Å². The maximum Gasteiger partial charge on any atom is 0.323 e. The predicted octanol–water partition coefficient (Wildman–Crippen LogP) is 2.39. The zero-order valence-electron chi connectivity index (χ0n) is 9.60. The van der Waals surface area contributed by atoms with E-state index in [1.807, 2.05) is 23.1 Å². The first-order valence-corrected chi connectivity index (χ1v) is 6.73. The van der Waals surface area contributed by atoms with Crippen LogP contribution >= 0.6 is 27.5 Å². The van der Waals surface area contributed by atoms with Crippen molar-refractivity contribution >= 4 is 33.5 Å². The van der Waals surface area contributed by atoms with E-state index in [4.69, 9.17) is 21.4 Å². The Morgan fingerprint density at radius 1 is 1.61 bits per heavy atom. The molecule has 0 radical (unpaired) electrons. The number of carbonyl (C=O) groups is 1. The van der Waals surface area contributed by atoms with E-state index in [-0.39, 0.29) is 6.61 Å². The van der Waals surface area contributed by atoms with Gasteiger partial charge in [-0.1, -0.05) is 17.7 Å². The minimum atomic E-state index is -0.849. The fraction of sp³-hybridized carbons (Fsp3) is 0.417. The smallest absolute Gasteiger partial charge is 0.323 e. The van der Waals surface area contributed by atoms with Crippen molar-refractivity contribution in [2.75, 3.05) is 19.8 Å². The molecule has 1 aliphatic rings. The Labute approximate surface area is 119 Å². The quantitative estimate of drug-likeness (QED) is 0.922.